The summed E-state index contributed by atoms with van der Waals surface area (Å²) in [6.45, 7) is 3.80. The lowest BCUT2D eigenvalue weighted by Gasteiger charge is -2.15. The highest BCUT2D eigenvalue weighted by Crippen LogP contribution is 2.19. The molecule has 0 radical (unpaired) electrons. The molecule has 0 saturated heterocycles. The number of rotatable bonds is 5. The Hall–Kier alpha value is -2.83. The summed E-state index contributed by atoms with van der Waals surface area (Å²) in [7, 11) is 1.38. The molecule has 0 saturated carbocycles. The number of ether oxygens (including phenoxy) is 1. The molecule has 2 aromatic rings. The average Bonchev–Trinajstić information content (AvgIpc) is 2.96. The summed E-state index contributed by atoms with van der Waals surface area (Å²) in [5.74, 6) is -1.82. The van der Waals surface area contributed by atoms with Crippen LogP contribution >= 0.6 is 0 Å². The lowest BCUT2D eigenvalue weighted by atomic mass is 10.0. The Labute approximate surface area is 126 Å². The van der Waals surface area contributed by atoms with E-state index in [-0.39, 0.29) is 11.6 Å². The van der Waals surface area contributed by atoms with Gasteiger partial charge in [0, 0.05) is 0 Å². The van der Waals surface area contributed by atoms with Crippen molar-refractivity contribution < 1.29 is 24.0 Å². The second-order valence-corrected chi connectivity index (χ2v) is 4.82. The summed E-state index contributed by atoms with van der Waals surface area (Å²) in [6, 6.07) is 5.32. The minimum atomic E-state index is -1.18. The van der Waals surface area contributed by atoms with Gasteiger partial charge in [0.2, 0.25) is 5.76 Å². The van der Waals surface area contributed by atoms with Crippen molar-refractivity contribution >= 4 is 11.9 Å². The minimum absolute atomic E-state index is 0.119. The number of benzene rings is 1. The summed E-state index contributed by atoms with van der Waals surface area (Å²) in [5, 5.41) is 15.3. The van der Waals surface area contributed by atoms with E-state index in [1.54, 1.807) is 12.1 Å². The van der Waals surface area contributed by atoms with Crippen molar-refractivity contribution in [2.45, 2.75) is 19.9 Å². The van der Waals surface area contributed by atoms with E-state index >= 15 is 0 Å². The van der Waals surface area contributed by atoms with Gasteiger partial charge in [0.1, 0.15) is 0 Å². The van der Waals surface area contributed by atoms with Crippen LogP contribution in [0, 0.1) is 13.8 Å². The molecule has 0 bridgehead atoms. The number of carboxylic acids is 1. The quantitative estimate of drug-likeness (QED) is 0.874. The van der Waals surface area contributed by atoms with Crippen LogP contribution < -0.4 is 10.1 Å². The van der Waals surface area contributed by atoms with Crippen molar-refractivity contribution in [3.63, 3.8) is 0 Å². The minimum Gasteiger partial charge on any atom is -0.479 e. The molecule has 1 unspecified atom stereocenters. The smallest absolute Gasteiger partial charge is 0.330 e. The van der Waals surface area contributed by atoms with E-state index in [4.69, 9.17) is 9.26 Å². The summed E-state index contributed by atoms with van der Waals surface area (Å²) < 4.78 is 9.61. The van der Waals surface area contributed by atoms with Gasteiger partial charge in [-0.15, -0.1) is 0 Å². The second-order valence-electron chi connectivity index (χ2n) is 4.82. The van der Waals surface area contributed by atoms with E-state index in [1.807, 2.05) is 19.9 Å². The summed E-state index contributed by atoms with van der Waals surface area (Å²) in [6.07, 6.45) is 0. The van der Waals surface area contributed by atoms with Crippen LogP contribution in [0.2, 0.25) is 0 Å². The topological polar surface area (TPSA) is 102 Å². The van der Waals surface area contributed by atoms with Crippen LogP contribution in [0.1, 0.15) is 33.3 Å². The molecule has 0 fully saturated rings. The van der Waals surface area contributed by atoms with E-state index in [1.165, 1.54) is 13.2 Å². The summed E-state index contributed by atoms with van der Waals surface area (Å²) in [5.41, 5.74) is 2.47. The lowest BCUT2D eigenvalue weighted by molar-refractivity contribution is -0.139. The molecule has 2 rings (SSSR count). The normalized spacial score (nSPS) is 11.8. The number of nitrogens with one attached hydrogen (secondary N) is 1. The number of carbonyl (C=O) groups excluding carboxylic acids is 1. The Morgan fingerprint density at radius 1 is 1.27 bits per heavy atom. The van der Waals surface area contributed by atoms with Crippen LogP contribution in [0.5, 0.6) is 5.88 Å². The number of aryl methyl sites for hydroxylation is 2. The largest absolute Gasteiger partial charge is 0.479 e. The highest BCUT2D eigenvalue weighted by Gasteiger charge is 2.25. The number of amides is 1. The third kappa shape index (κ3) is 3.25. The van der Waals surface area contributed by atoms with Crippen LogP contribution in [0.25, 0.3) is 0 Å². The predicted molar refractivity (Wildman–Crippen MR) is 76.8 cm³/mol. The van der Waals surface area contributed by atoms with Crippen molar-refractivity contribution in [3.05, 3.63) is 46.7 Å². The van der Waals surface area contributed by atoms with E-state index < -0.39 is 17.9 Å². The van der Waals surface area contributed by atoms with Gasteiger partial charge in [0.05, 0.1) is 13.2 Å². The molecule has 1 atom stereocenters. The first kappa shape index (κ1) is 15.6. The van der Waals surface area contributed by atoms with Gasteiger partial charge in [-0.1, -0.05) is 18.2 Å². The van der Waals surface area contributed by atoms with Crippen molar-refractivity contribution in [2.24, 2.45) is 0 Å². The van der Waals surface area contributed by atoms with Crippen molar-refractivity contribution in [3.8, 4) is 5.88 Å². The maximum atomic E-state index is 12.1. The Kier molecular flexibility index (Phi) is 4.45. The molecule has 7 nitrogen and oxygen atoms in total. The fraction of sp³-hybridized carbons (Fsp3) is 0.267. The number of carboxylic acid groups (broad SMARTS) is 1. The third-order valence-electron chi connectivity index (χ3n) is 3.31. The third-order valence-corrected chi connectivity index (χ3v) is 3.31. The van der Waals surface area contributed by atoms with Gasteiger partial charge in [-0.3, -0.25) is 4.79 Å². The number of methoxy groups -OCH3 is 1. The van der Waals surface area contributed by atoms with Crippen molar-refractivity contribution in [1.82, 2.24) is 10.5 Å². The van der Waals surface area contributed by atoms with E-state index in [2.05, 4.69) is 10.5 Å². The molecule has 116 valence electrons. The number of aliphatic carboxylic acids is 1. The van der Waals surface area contributed by atoms with E-state index in [9.17, 15) is 14.7 Å². The first-order chi connectivity index (χ1) is 10.4. The van der Waals surface area contributed by atoms with Crippen LogP contribution in [-0.2, 0) is 4.79 Å². The molecule has 0 aliphatic heterocycles. The van der Waals surface area contributed by atoms with Crippen LogP contribution in [-0.4, -0.2) is 29.2 Å². The molecule has 0 aliphatic rings. The molecule has 1 aromatic heterocycles. The van der Waals surface area contributed by atoms with E-state index in [0.29, 0.717) is 5.56 Å². The van der Waals surface area contributed by atoms with Crippen LogP contribution in [0.15, 0.2) is 28.8 Å². The second kappa shape index (κ2) is 6.30. The average molecular weight is 304 g/mol. The number of carbonyl (C=O) groups is 2. The van der Waals surface area contributed by atoms with Gasteiger partial charge < -0.3 is 19.7 Å². The zero-order valence-electron chi connectivity index (χ0n) is 12.4. The Morgan fingerprint density at radius 2 is 2.00 bits per heavy atom. The first-order valence-electron chi connectivity index (χ1n) is 6.54. The van der Waals surface area contributed by atoms with Crippen LogP contribution in [0.4, 0.5) is 0 Å². The van der Waals surface area contributed by atoms with Crippen molar-refractivity contribution in [2.75, 3.05) is 7.11 Å². The predicted octanol–water partition coefficient (Wildman–Crippen LogP) is 1.86. The maximum absolute atomic E-state index is 12.1. The van der Waals surface area contributed by atoms with Gasteiger partial charge in [-0.25, -0.2) is 4.79 Å². The molecule has 1 amide bonds. The zero-order chi connectivity index (χ0) is 16.3. The number of aromatic nitrogens is 1. The molecule has 1 aromatic carbocycles. The molecule has 2 N–H and O–H groups in total. The highest BCUT2D eigenvalue weighted by atomic mass is 16.5. The van der Waals surface area contributed by atoms with Gasteiger partial charge in [0.15, 0.2) is 6.04 Å². The molecule has 1 heterocycles. The van der Waals surface area contributed by atoms with Gasteiger partial charge in [0.25, 0.3) is 11.8 Å². The highest BCUT2D eigenvalue weighted by molar-refractivity contribution is 5.94. The van der Waals surface area contributed by atoms with Gasteiger partial charge in [-0.2, -0.15) is 0 Å². The number of hydrogen-bond acceptors (Lipinski definition) is 5. The SMILES string of the molecule is COc1cc(C(=O)NC(C(=O)O)c2ccc(C)c(C)c2)on1. The van der Waals surface area contributed by atoms with Crippen LogP contribution in [0.3, 0.4) is 0 Å². The standard InChI is InChI=1S/C15H16N2O5/c1-8-4-5-10(6-9(8)2)13(15(19)20)16-14(18)11-7-12(21-3)17-22-11/h4-7,13H,1-3H3,(H,16,18)(H,19,20). The molecule has 7 heteroatoms. The first-order valence-corrected chi connectivity index (χ1v) is 6.54. The summed E-state index contributed by atoms with van der Waals surface area (Å²) in [4.78, 5) is 23.5. The Morgan fingerprint density at radius 3 is 2.55 bits per heavy atom. The van der Waals surface area contributed by atoms with Gasteiger partial charge >= 0.3 is 5.97 Å². The fourth-order valence-electron chi connectivity index (χ4n) is 1.90. The molecule has 0 aliphatic carbocycles. The van der Waals surface area contributed by atoms with Gasteiger partial charge in [-0.05, 0) is 35.7 Å². The molecular formula is C15H16N2O5. The Bertz CT molecular complexity index is 708. The zero-order valence-corrected chi connectivity index (χ0v) is 12.4. The number of nitrogens with zero attached hydrogens (tertiary/aromatic N) is 1. The molecule has 22 heavy (non-hydrogen) atoms. The van der Waals surface area contributed by atoms with Crippen molar-refractivity contribution in [1.29, 1.82) is 0 Å². The fourth-order valence-corrected chi connectivity index (χ4v) is 1.90. The maximum Gasteiger partial charge on any atom is 0.330 e. The Balaban J connectivity index is 2.23. The lowest BCUT2D eigenvalue weighted by Crippen LogP contribution is -2.33. The molecule has 0 spiro atoms. The summed E-state index contributed by atoms with van der Waals surface area (Å²) >= 11 is 0. The van der Waals surface area contributed by atoms with E-state index in [0.717, 1.165) is 11.1 Å². The monoisotopic (exact) mass is 304 g/mol. The number of hydrogen-bond donors (Lipinski definition) is 2. The molecular weight excluding hydrogens is 288 g/mol.